The van der Waals surface area contributed by atoms with E-state index in [0.29, 0.717) is 4.47 Å². The van der Waals surface area contributed by atoms with Crippen molar-refractivity contribution in [2.45, 2.75) is 4.90 Å². The zero-order chi connectivity index (χ0) is 13.1. The third-order valence-electron chi connectivity index (χ3n) is 1.82. The Balaban J connectivity index is 2.89. The number of nitrogens with zero attached hydrogens (tertiary/aromatic N) is 1. The van der Waals surface area contributed by atoms with Gasteiger partial charge in [-0.05, 0) is 22.0 Å². The zero-order valence-corrected chi connectivity index (χ0v) is 12.2. The molecule has 3 N–H and O–H groups in total. The van der Waals surface area contributed by atoms with Gasteiger partial charge in [0.25, 0.3) is 0 Å². The molecule has 1 aromatic heterocycles. The maximum Gasteiger partial charge on any atom is 0.244 e. The Morgan fingerprint density at radius 1 is 1.59 bits per heavy atom. The summed E-state index contributed by atoms with van der Waals surface area (Å²) in [4.78, 5) is 3.65. The minimum atomic E-state index is -3.71. The number of aromatic nitrogens is 1. The molecule has 0 aromatic carbocycles. The maximum absolute atomic E-state index is 11.8. The molecule has 0 spiro atoms. The highest BCUT2D eigenvalue weighted by atomic mass is 79.9. The molecule has 96 valence electrons. The van der Waals surface area contributed by atoms with Gasteiger partial charge in [-0.2, -0.15) is 0 Å². The first kappa shape index (κ1) is 14.6. The summed E-state index contributed by atoms with van der Waals surface area (Å²) in [6, 6.07) is 1.37. The fourth-order valence-electron chi connectivity index (χ4n) is 1.04. The Morgan fingerprint density at radius 3 is 2.82 bits per heavy atom. The van der Waals surface area contributed by atoms with E-state index in [1.165, 1.54) is 18.5 Å². The van der Waals surface area contributed by atoms with Crippen molar-refractivity contribution in [3.63, 3.8) is 0 Å². The van der Waals surface area contributed by atoms with Gasteiger partial charge in [0.15, 0.2) is 0 Å². The summed E-state index contributed by atoms with van der Waals surface area (Å²) >= 11 is 3.12. The summed E-state index contributed by atoms with van der Waals surface area (Å²) in [5.41, 5.74) is 5.50. The smallest absolute Gasteiger partial charge is 0.244 e. The lowest BCUT2D eigenvalue weighted by molar-refractivity contribution is 0.584. The second-order valence-electron chi connectivity index (χ2n) is 3.21. The lowest BCUT2D eigenvalue weighted by atomic mass is 10.5. The maximum atomic E-state index is 11.8. The van der Waals surface area contributed by atoms with E-state index in [2.05, 4.69) is 25.6 Å². The first-order chi connectivity index (χ1) is 7.83. The second-order valence-corrected chi connectivity index (χ2v) is 7.42. The van der Waals surface area contributed by atoms with Crippen LogP contribution in [0.2, 0.25) is 0 Å². The Hall–Kier alpha value is -0.510. The second kappa shape index (κ2) is 5.89. The van der Waals surface area contributed by atoms with Crippen LogP contribution in [0.4, 0.5) is 5.82 Å². The molecule has 1 aromatic rings. The summed E-state index contributed by atoms with van der Waals surface area (Å²) in [7, 11) is -4.76. The third kappa shape index (κ3) is 4.34. The van der Waals surface area contributed by atoms with Gasteiger partial charge in [0.05, 0.1) is 0 Å². The summed E-state index contributed by atoms with van der Waals surface area (Å²) < 4.78 is 37.3. The highest BCUT2D eigenvalue weighted by Gasteiger charge is 2.18. The topological polar surface area (TPSA) is 102 Å². The van der Waals surface area contributed by atoms with Crippen LogP contribution in [0.3, 0.4) is 0 Å². The van der Waals surface area contributed by atoms with Gasteiger partial charge in [-0.1, -0.05) is 0 Å². The number of nitrogens with one attached hydrogen (secondary N) is 1. The number of hydrogen-bond donors (Lipinski definition) is 2. The fourth-order valence-corrected chi connectivity index (χ4v) is 3.18. The van der Waals surface area contributed by atoms with Crippen molar-refractivity contribution in [1.82, 2.24) is 9.71 Å². The van der Waals surface area contributed by atoms with Gasteiger partial charge in [0.2, 0.25) is 10.0 Å². The average Bonchev–Trinajstić information content (AvgIpc) is 2.20. The van der Waals surface area contributed by atoms with E-state index in [1.54, 1.807) is 0 Å². The van der Waals surface area contributed by atoms with Crippen molar-refractivity contribution >= 4 is 42.6 Å². The van der Waals surface area contributed by atoms with Gasteiger partial charge in [0.1, 0.15) is 10.7 Å². The van der Waals surface area contributed by atoms with Crippen molar-refractivity contribution in [2.24, 2.45) is 0 Å². The molecule has 0 aliphatic carbocycles. The molecule has 0 bridgehead atoms. The predicted molar refractivity (Wildman–Crippen MR) is 70.5 cm³/mol. The van der Waals surface area contributed by atoms with Crippen molar-refractivity contribution in [2.75, 3.05) is 24.3 Å². The Kier molecular flexibility index (Phi) is 5.04. The zero-order valence-electron chi connectivity index (χ0n) is 9.01. The number of hydrogen-bond acceptors (Lipinski definition) is 5. The quantitative estimate of drug-likeness (QED) is 0.789. The highest BCUT2D eigenvalue weighted by Crippen LogP contribution is 2.19. The van der Waals surface area contributed by atoms with Crippen LogP contribution in [-0.2, 0) is 20.8 Å². The van der Waals surface area contributed by atoms with Crippen LogP contribution in [0.5, 0.6) is 0 Å². The van der Waals surface area contributed by atoms with Gasteiger partial charge in [-0.15, -0.1) is 0 Å². The molecule has 1 rings (SSSR count). The molecule has 0 amide bonds. The van der Waals surface area contributed by atoms with E-state index in [4.69, 9.17) is 5.73 Å². The molecule has 17 heavy (non-hydrogen) atoms. The van der Waals surface area contributed by atoms with Crippen LogP contribution in [0.15, 0.2) is 21.6 Å². The Labute approximate surface area is 111 Å². The van der Waals surface area contributed by atoms with E-state index >= 15 is 0 Å². The number of halogens is 1. The standard InChI is InChI=1S/C8H12BrN3O3S2/c1-16(13)3-2-12-17(14,15)7-4-6(9)5-11-8(7)10/h4-5,12H,2-3H2,1H3,(H2,10,11). The van der Waals surface area contributed by atoms with Crippen LogP contribution >= 0.6 is 15.9 Å². The number of rotatable bonds is 5. The normalized spacial score (nSPS) is 13.5. The third-order valence-corrected chi connectivity index (χ3v) is 4.52. The van der Waals surface area contributed by atoms with Crippen LogP contribution in [0.25, 0.3) is 0 Å². The number of nitrogen functional groups attached to an aromatic ring is 1. The molecule has 0 aliphatic rings. The lowest BCUT2D eigenvalue weighted by Gasteiger charge is -2.08. The summed E-state index contributed by atoms with van der Waals surface area (Å²) in [6.07, 6.45) is 2.92. The molecule has 0 saturated heterocycles. The SMILES string of the molecule is CS(=O)CCNS(=O)(=O)c1cc(Br)cnc1N. The van der Waals surface area contributed by atoms with E-state index in [1.807, 2.05) is 0 Å². The van der Waals surface area contributed by atoms with Crippen LogP contribution in [0, 0.1) is 0 Å². The van der Waals surface area contributed by atoms with Gasteiger partial charge >= 0.3 is 0 Å². The molecule has 0 fully saturated rings. The van der Waals surface area contributed by atoms with E-state index in [9.17, 15) is 12.6 Å². The van der Waals surface area contributed by atoms with Crippen LogP contribution < -0.4 is 10.5 Å². The molecule has 1 atom stereocenters. The van der Waals surface area contributed by atoms with Crippen molar-refractivity contribution < 1.29 is 12.6 Å². The largest absolute Gasteiger partial charge is 0.383 e. The molecular weight excluding hydrogens is 330 g/mol. The van der Waals surface area contributed by atoms with Crippen molar-refractivity contribution in [3.05, 3.63) is 16.7 Å². The predicted octanol–water partition coefficient (Wildman–Crippen LogP) is 0.0831. The van der Waals surface area contributed by atoms with Gasteiger partial charge in [-0.3, -0.25) is 4.21 Å². The molecule has 1 unspecified atom stereocenters. The summed E-state index contributed by atoms with van der Waals surface area (Å²) in [5, 5.41) is 0. The molecule has 0 saturated carbocycles. The minimum absolute atomic E-state index is 0.0710. The first-order valence-electron chi connectivity index (χ1n) is 4.53. The highest BCUT2D eigenvalue weighted by molar-refractivity contribution is 9.10. The molecule has 0 aliphatic heterocycles. The fraction of sp³-hybridized carbons (Fsp3) is 0.375. The molecule has 6 nitrogen and oxygen atoms in total. The van der Waals surface area contributed by atoms with Crippen LogP contribution in [-0.4, -0.2) is 36.2 Å². The van der Waals surface area contributed by atoms with Crippen molar-refractivity contribution in [3.8, 4) is 0 Å². The molecule has 1 heterocycles. The number of anilines is 1. The Morgan fingerprint density at radius 2 is 2.24 bits per heavy atom. The Bertz CT molecular complexity index is 533. The number of pyridine rings is 1. The van der Waals surface area contributed by atoms with Gasteiger partial charge in [0, 0.05) is 40.0 Å². The van der Waals surface area contributed by atoms with Crippen molar-refractivity contribution in [1.29, 1.82) is 0 Å². The van der Waals surface area contributed by atoms with E-state index in [-0.39, 0.29) is 23.0 Å². The lowest BCUT2D eigenvalue weighted by Crippen LogP contribution is -2.28. The summed E-state index contributed by atoms with van der Waals surface area (Å²) in [5.74, 6) is 0.180. The molecule has 0 radical (unpaired) electrons. The molecular formula is C8H12BrN3O3S2. The monoisotopic (exact) mass is 341 g/mol. The molecule has 9 heteroatoms. The minimum Gasteiger partial charge on any atom is -0.383 e. The first-order valence-corrected chi connectivity index (χ1v) is 8.54. The van der Waals surface area contributed by atoms with E-state index in [0.717, 1.165) is 0 Å². The number of sulfonamides is 1. The van der Waals surface area contributed by atoms with Crippen LogP contribution in [0.1, 0.15) is 0 Å². The van der Waals surface area contributed by atoms with Gasteiger partial charge < -0.3 is 5.73 Å². The number of nitrogens with two attached hydrogens (primary N) is 1. The van der Waals surface area contributed by atoms with E-state index < -0.39 is 20.8 Å². The van der Waals surface area contributed by atoms with Gasteiger partial charge in [-0.25, -0.2) is 18.1 Å². The summed E-state index contributed by atoms with van der Waals surface area (Å²) in [6.45, 7) is 0.0946. The average molecular weight is 342 g/mol.